The molecule has 0 spiro atoms. The van der Waals surface area contributed by atoms with E-state index in [1.807, 2.05) is 0 Å². The lowest BCUT2D eigenvalue weighted by molar-refractivity contribution is 0.0255. The fraction of sp³-hybridized carbons (Fsp3) is 0.667. The van der Waals surface area contributed by atoms with Gasteiger partial charge in [-0.1, -0.05) is 12.1 Å². The average Bonchev–Trinajstić information content (AvgIpc) is 2.94. The number of rotatable bonds is 5. The van der Waals surface area contributed by atoms with Crippen molar-refractivity contribution in [3.63, 3.8) is 0 Å². The first-order valence-corrected chi connectivity index (χ1v) is 8.44. The maximum atomic E-state index is 6.02. The van der Waals surface area contributed by atoms with E-state index < -0.39 is 0 Å². The molecule has 0 aliphatic carbocycles. The van der Waals surface area contributed by atoms with Gasteiger partial charge in [-0.25, -0.2) is 0 Å². The fourth-order valence-corrected chi connectivity index (χ4v) is 3.19. The molecule has 2 aliphatic heterocycles. The summed E-state index contributed by atoms with van der Waals surface area (Å²) in [5.74, 6) is 0.959. The number of nitrogens with one attached hydrogen (secondary N) is 1. The molecule has 2 aliphatic rings. The Hall–Kier alpha value is -1.10. The third-order valence-corrected chi connectivity index (χ3v) is 4.69. The lowest BCUT2D eigenvalue weighted by atomic mass is 10.1. The molecule has 2 fully saturated rings. The largest absolute Gasteiger partial charge is 0.490 e. The van der Waals surface area contributed by atoms with Gasteiger partial charge in [-0.2, -0.15) is 0 Å². The summed E-state index contributed by atoms with van der Waals surface area (Å²) < 4.78 is 17.0. The van der Waals surface area contributed by atoms with E-state index in [4.69, 9.17) is 14.2 Å². The zero-order valence-electron chi connectivity index (χ0n) is 13.6. The fourth-order valence-electron chi connectivity index (χ4n) is 3.19. The molecule has 0 aromatic heterocycles. The highest BCUT2D eigenvalue weighted by molar-refractivity contribution is 5.29. The van der Waals surface area contributed by atoms with Crippen LogP contribution in [-0.2, 0) is 9.47 Å². The molecule has 3 rings (SSSR count). The second-order valence-electron chi connectivity index (χ2n) is 6.36. The SMILES string of the molecule is C[C@H](N[C@@H]1CCO[C@H]1C)c1ccc(OC2CCOCC2)cc1. The van der Waals surface area contributed by atoms with Crippen LogP contribution in [0.1, 0.15) is 44.7 Å². The van der Waals surface area contributed by atoms with Crippen LogP contribution >= 0.6 is 0 Å². The van der Waals surface area contributed by atoms with Gasteiger partial charge in [0.25, 0.3) is 0 Å². The topological polar surface area (TPSA) is 39.7 Å². The Morgan fingerprint density at radius 2 is 1.82 bits per heavy atom. The summed E-state index contributed by atoms with van der Waals surface area (Å²) in [6.45, 7) is 6.84. The molecule has 1 aromatic rings. The molecule has 4 nitrogen and oxygen atoms in total. The van der Waals surface area contributed by atoms with Crippen molar-refractivity contribution in [1.82, 2.24) is 5.32 Å². The molecular weight excluding hydrogens is 278 g/mol. The molecule has 0 bridgehead atoms. The standard InChI is InChI=1S/C18H27NO3/c1-13(19-18-9-12-21-14(18)2)15-3-5-16(6-4-15)22-17-7-10-20-11-8-17/h3-6,13-14,17-19H,7-12H2,1-2H3/t13-,14-,18+/m0/s1. The zero-order valence-corrected chi connectivity index (χ0v) is 13.6. The van der Waals surface area contributed by atoms with E-state index in [9.17, 15) is 0 Å². The van der Waals surface area contributed by atoms with Crippen LogP contribution in [0.3, 0.4) is 0 Å². The van der Waals surface area contributed by atoms with E-state index >= 15 is 0 Å². The van der Waals surface area contributed by atoms with Crippen LogP contribution < -0.4 is 10.1 Å². The van der Waals surface area contributed by atoms with Gasteiger partial charge in [0.05, 0.1) is 19.3 Å². The van der Waals surface area contributed by atoms with Gasteiger partial charge in [0.2, 0.25) is 0 Å². The monoisotopic (exact) mass is 305 g/mol. The highest BCUT2D eigenvalue weighted by Crippen LogP contribution is 2.23. The Labute approximate surface area is 133 Å². The van der Waals surface area contributed by atoms with Crippen LogP contribution in [0.5, 0.6) is 5.75 Å². The van der Waals surface area contributed by atoms with Gasteiger partial charge in [0, 0.05) is 31.5 Å². The normalized spacial score (nSPS) is 27.7. The summed E-state index contributed by atoms with van der Waals surface area (Å²) in [4.78, 5) is 0. The smallest absolute Gasteiger partial charge is 0.119 e. The van der Waals surface area contributed by atoms with Crippen molar-refractivity contribution in [2.24, 2.45) is 0 Å². The first-order valence-electron chi connectivity index (χ1n) is 8.44. The number of hydrogen-bond donors (Lipinski definition) is 1. The van der Waals surface area contributed by atoms with E-state index in [0.717, 1.165) is 44.8 Å². The van der Waals surface area contributed by atoms with E-state index in [1.54, 1.807) is 0 Å². The van der Waals surface area contributed by atoms with Crippen molar-refractivity contribution in [2.45, 2.75) is 57.4 Å². The van der Waals surface area contributed by atoms with E-state index in [2.05, 4.69) is 43.4 Å². The van der Waals surface area contributed by atoms with Gasteiger partial charge in [0.15, 0.2) is 0 Å². The molecule has 1 N–H and O–H groups in total. The molecule has 1 aromatic carbocycles. The maximum absolute atomic E-state index is 6.02. The molecular formula is C18H27NO3. The third kappa shape index (κ3) is 4.00. The molecule has 0 radical (unpaired) electrons. The summed E-state index contributed by atoms with van der Waals surface area (Å²) in [6, 6.07) is 9.26. The molecule has 0 saturated carbocycles. The molecule has 0 amide bonds. The summed E-state index contributed by atoms with van der Waals surface area (Å²) in [6.07, 6.45) is 3.67. The highest BCUT2D eigenvalue weighted by Gasteiger charge is 2.25. The minimum Gasteiger partial charge on any atom is -0.490 e. The average molecular weight is 305 g/mol. The first-order chi connectivity index (χ1) is 10.7. The minimum absolute atomic E-state index is 0.298. The Morgan fingerprint density at radius 3 is 2.45 bits per heavy atom. The van der Waals surface area contributed by atoms with Gasteiger partial charge < -0.3 is 19.5 Å². The second-order valence-corrected chi connectivity index (χ2v) is 6.36. The van der Waals surface area contributed by atoms with Crippen molar-refractivity contribution < 1.29 is 14.2 Å². The number of hydrogen-bond acceptors (Lipinski definition) is 4. The molecule has 122 valence electrons. The number of ether oxygens (including phenoxy) is 3. The zero-order chi connectivity index (χ0) is 15.4. The Kier molecular flexibility index (Phi) is 5.34. The quantitative estimate of drug-likeness (QED) is 0.907. The van der Waals surface area contributed by atoms with Crippen LogP contribution in [0.25, 0.3) is 0 Å². The summed E-state index contributed by atoms with van der Waals surface area (Å²) in [5, 5.41) is 3.66. The van der Waals surface area contributed by atoms with Crippen LogP contribution in [0, 0.1) is 0 Å². The molecule has 2 heterocycles. The summed E-state index contributed by atoms with van der Waals surface area (Å²) >= 11 is 0. The first kappa shape index (κ1) is 15.8. The van der Waals surface area contributed by atoms with Crippen LogP contribution in [0.15, 0.2) is 24.3 Å². The molecule has 4 heteroatoms. The molecule has 22 heavy (non-hydrogen) atoms. The summed E-state index contributed by atoms with van der Waals surface area (Å²) in [5.41, 5.74) is 1.29. The number of benzene rings is 1. The third-order valence-electron chi connectivity index (χ3n) is 4.69. The van der Waals surface area contributed by atoms with Crippen LogP contribution in [-0.4, -0.2) is 38.1 Å². The Morgan fingerprint density at radius 1 is 1.09 bits per heavy atom. The van der Waals surface area contributed by atoms with E-state index in [0.29, 0.717) is 24.3 Å². The maximum Gasteiger partial charge on any atom is 0.119 e. The van der Waals surface area contributed by atoms with Crippen molar-refractivity contribution in [2.75, 3.05) is 19.8 Å². The second kappa shape index (κ2) is 7.44. The van der Waals surface area contributed by atoms with Crippen molar-refractivity contribution in [1.29, 1.82) is 0 Å². The lowest BCUT2D eigenvalue weighted by Crippen LogP contribution is -2.36. The van der Waals surface area contributed by atoms with Gasteiger partial charge in [-0.15, -0.1) is 0 Å². The van der Waals surface area contributed by atoms with Crippen LogP contribution in [0.4, 0.5) is 0 Å². The van der Waals surface area contributed by atoms with E-state index in [-0.39, 0.29) is 0 Å². The van der Waals surface area contributed by atoms with E-state index in [1.165, 1.54) is 5.56 Å². The van der Waals surface area contributed by atoms with Gasteiger partial charge in [0.1, 0.15) is 11.9 Å². The van der Waals surface area contributed by atoms with Crippen molar-refractivity contribution >= 4 is 0 Å². The predicted molar refractivity (Wildman–Crippen MR) is 86.3 cm³/mol. The van der Waals surface area contributed by atoms with Crippen molar-refractivity contribution in [3.05, 3.63) is 29.8 Å². The van der Waals surface area contributed by atoms with Gasteiger partial charge >= 0.3 is 0 Å². The Bertz CT molecular complexity index is 456. The molecule has 0 unspecified atom stereocenters. The summed E-state index contributed by atoms with van der Waals surface area (Å²) in [7, 11) is 0. The Balaban J connectivity index is 1.53. The van der Waals surface area contributed by atoms with Crippen LogP contribution in [0.2, 0.25) is 0 Å². The highest BCUT2D eigenvalue weighted by atomic mass is 16.5. The van der Waals surface area contributed by atoms with Gasteiger partial charge in [-0.3, -0.25) is 0 Å². The lowest BCUT2D eigenvalue weighted by Gasteiger charge is -2.24. The van der Waals surface area contributed by atoms with Crippen molar-refractivity contribution in [3.8, 4) is 5.75 Å². The molecule has 3 atom stereocenters. The van der Waals surface area contributed by atoms with Gasteiger partial charge in [-0.05, 0) is 38.0 Å². The molecule has 2 saturated heterocycles. The predicted octanol–water partition coefficient (Wildman–Crippen LogP) is 3.07. The minimum atomic E-state index is 0.298.